The van der Waals surface area contributed by atoms with Crippen LogP contribution in [0.3, 0.4) is 0 Å². The Labute approximate surface area is 141 Å². The smallest absolute Gasteiger partial charge is 0.303 e. The van der Waals surface area contributed by atoms with E-state index in [1.807, 2.05) is 4.90 Å². The highest BCUT2D eigenvalue weighted by atomic mass is 16.5. The average Bonchev–Trinajstić information content (AvgIpc) is 2.84. The molecular formula is C18H23NO5. The number of likely N-dealkylation sites (tertiary alicyclic amines) is 1. The van der Waals surface area contributed by atoms with Gasteiger partial charge in [0.15, 0.2) is 11.5 Å². The van der Waals surface area contributed by atoms with E-state index in [0.717, 1.165) is 25.7 Å². The molecule has 24 heavy (non-hydrogen) atoms. The van der Waals surface area contributed by atoms with Crippen LogP contribution in [-0.2, 0) is 4.79 Å². The number of nitrogens with zero attached hydrogens (tertiary/aromatic N) is 1. The molecule has 1 aromatic rings. The number of ether oxygens (including phenoxy) is 2. The van der Waals surface area contributed by atoms with Crippen molar-refractivity contribution in [2.45, 2.75) is 44.6 Å². The maximum Gasteiger partial charge on any atom is 0.303 e. The van der Waals surface area contributed by atoms with Crippen LogP contribution < -0.4 is 9.47 Å². The molecule has 3 rings (SSSR count). The standard InChI is InChI=1S/C18H23NO5/c20-17(21)8-6-14-4-1-2-9-19(14)18(22)13-5-7-15-16(12-13)24-11-3-10-23-15/h5,7,12,14H,1-4,6,8-11H2,(H,20,21). The summed E-state index contributed by atoms with van der Waals surface area (Å²) in [5.41, 5.74) is 0.571. The van der Waals surface area contributed by atoms with Crippen LogP contribution in [0, 0.1) is 0 Å². The topological polar surface area (TPSA) is 76.1 Å². The van der Waals surface area contributed by atoms with E-state index in [1.165, 1.54) is 0 Å². The summed E-state index contributed by atoms with van der Waals surface area (Å²) in [6.45, 7) is 1.87. The lowest BCUT2D eigenvalue weighted by molar-refractivity contribution is -0.137. The Morgan fingerprint density at radius 1 is 1.12 bits per heavy atom. The SMILES string of the molecule is O=C(O)CCC1CCCCN1C(=O)c1ccc2c(c1)OCCCO2. The number of piperidine rings is 1. The molecule has 0 spiro atoms. The molecule has 0 aromatic heterocycles. The predicted molar refractivity (Wildman–Crippen MR) is 87.6 cm³/mol. The monoisotopic (exact) mass is 333 g/mol. The number of fused-ring (bicyclic) bond motifs is 1. The normalized spacial score (nSPS) is 20.3. The van der Waals surface area contributed by atoms with Crippen LogP contribution in [0.5, 0.6) is 11.5 Å². The molecule has 130 valence electrons. The van der Waals surface area contributed by atoms with Crippen molar-refractivity contribution in [3.05, 3.63) is 23.8 Å². The fraction of sp³-hybridized carbons (Fsp3) is 0.556. The Morgan fingerprint density at radius 2 is 1.92 bits per heavy atom. The van der Waals surface area contributed by atoms with Crippen molar-refractivity contribution in [2.75, 3.05) is 19.8 Å². The molecule has 0 bridgehead atoms. The molecule has 1 amide bonds. The zero-order chi connectivity index (χ0) is 16.9. The van der Waals surface area contributed by atoms with Gasteiger partial charge in [-0.15, -0.1) is 0 Å². The summed E-state index contributed by atoms with van der Waals surface area (Å²) in [5, 5.41) is 8.91. The second kappa shape index (κ2) is 7.55. The molecule has 2 heterocycles. The first-order chi connectivity index (χ1) is 11.6. The van der Waals surface area contributed by atoms with Gasteiger partial charge in [-0.05, 0) is 43.9 Å². The van der Waals surface area contributed by atoms with Gasteiger partial charge in [-0.2, -0.15) is 0 Å². The van der Waals surface area contributed by atoms with Gasteiger partial charge in [-0.3, -0.25) is 9.59 Å². The van der Waals surface area contributed by atoms with Crippen molar-refractivity contribution >= 4 is 11.9 Å². The minimum absolute atomic E-state index is 0.00155. The molecule has 0 saturated carbocycles. The van der Waals surface area contributed by atoms with Crippen molar-refractivity contribution in [2.24, 2.45) is 0 Å². The molecule has 6 nitrogen and oxygen atoms in total. The Balaban J connectivity index is 1.76. The largest absolute Gasteiger partial charge is 0.490 e. The zero-order valence-corrected chi connectivity index (χ0v) is 13.7. The van der Waals surface area contributed by atoms with Crippen LogP contribution in [0.15, 0.2) is 18.2 Å². The number of carbonyl (C=O) groups excluding carboxylic acids is 1. The Kier molecular flexibility index (Phi) is 5.23. The van der Waals surface area contributed by atoms with Crippen molar-refractivity contribution in [3.63, 3.8) is 0 Å². The van der Waals surface area contributed by atoms with Gasteiger partial charge in [0, 0.05) is 31.0 Å². The van der Waals surface area contributed by atoms with Gasteiger partial charge in [0.2, 0.25) is 0 Å². The summed E-state index contributed by atoms with van der Waals surface area (Å²) in [4.78, 5) is 25.6. The van der Waals surface area contributed by atoms with E-state index in [2.05, 4.69) is 0 Å². The zero-order valence-electron chi connectivity index (χ0n) is 13.7. The van der Waals surface area contributed by atoms with Crippen LogP contribution >= 0.6 is 0 Å². The van der Waals surface area contributed by atoms with Crippen LogP contribution in [0.4, 0.5) is 0 Å². The number of carbonyl (C=O) groups is 2. The third-order valence-corrected chi connectivity index (χ3v) is 4.57. The molecule has 2 aliphatic rings. The van der Waals surface area contributed by atoms with Crippen LogP contribution in [0.1, 0.15) is 48.9 Å². The Morgan fingerprint density at radius 3 is 2.71 bits per heavy atom. The molecule has 2 aliphatic heterocycles. The number of benzene rings is 1. The lowest BCUT2D eigenvalue weighted by Crippen LogP contribution is -2.44. The van der Waals surface area contributed by atoms with E-state index in [9.17, 15) is 9.59 Å². The summed E-state index contributed by atoms with van der Waals surface area (Å²) < 4.78 is 11.3. The summed E-state index contributed by atoms with van der Waals surface area (Å²) in [6.07, 6.45) is 4.28. The first kappa shape index (κ1) is 16.6. The summed E-state index contributed by atoms with van der Waals surface area (Å²) in [6, 6.07) is 5.28. The quantitative estimate of drug-likeness (QED) is 0.917. The number of aliphatic carboxylic acids is 1. The van der Waals surface area contributed by atoms with Crippen LogP contribution in [-0.4, -0.2) is 47.7 Å². The summed E-state index contributed by atoms with van der Waals surface area (Å²) >= 11 is 0. The number of rotatable bonds is 4. The average molecular weight is 333 g/mol. The summed E-state index contributed by atoms with van der Waals surface area (Å²) in [5.74, 6) is 0.409. The first-order valence-corrected chi connectivity index (χ1v) is 8.57. The highest BCUT2D eigenvalue weighted by molar-refractivity contribution is 5.95. The third kappa shape index (κ3) is 3.80. The fourth-order valence-electron chi connectivity index (χ4n) is 3.32. The van der Waals surface area contributed by atoms with Gasteiger partial charge >= 0.3 is 5.97 Å². The van der Waals surface area contributed by atoms with Crippen LogP contribution in [0.2, 0.25) is 0 Å². The number of hydrogen-bond donors (Lipinski definition) is 1. The molecule has 1 atom stereocenters. The number of carboxylic acid groups (broad SMARTS) is 1. The number of amides is 1. The molecule has 0 radical (unpaired) electrons. The van der Waals surface area contributed by atoms with E-state index >= 15 is 0 Å². The Bertz CT molecular complexity index is 615. The molecular weight excluding hydrogens is 310 g/mol. The Hall–Kier alpha value is -2.24. The van der Waals surface area contributed by atoms with Gasteiger partial charge in [-0.25, -0.2) is 0 Å². The van der Waals surface area contributed by atoms with E-state index < -0.39 is 5.97 Å². The van der Waals surface area contributed by atoms with Crippen molar-refractivity contribution < 1.29 is 24.2 Å². The van der Waals surface area contributed by atoms with Gasteiger partial charge in [-0.1, -0.05) is 0 Å². The number of carboxylic acids is 1. The molecule has 1 N–H and O–H groups in total. The highest BCUT2D eigenvalue weighted by Crippen LogP contribution is 2.32. The highest BCUT2D eigenvalue weighted by Gasteiger charge is 2.28. The lowest BCUT2D eigenvalue weighted by atomic mass is 9.97. The minimum atomic E-state index is -0.816. The maximum absolute atomic E-state index is 12.9. The third-order valence-electron chi connectivity index (χ3n) is 4.57. The lowest BCUT2D eigenvalue weighted by Gasteiger charge is -2.35. The van der Waals surface area contributed by atoms with Crippen molar-refractivity contribution in [1.82, 2.24) is 4.90 Å². The fourth-order valence-corrected chi connectivity index (χ4v) is 3.32. The molecule has 0 aliphatic carbocycles. The maximum atomic E-state index is 12.9. The first-order valence-electron chi connectivity index (χ1n) is 8.57. The molecule has 1 saturated heterocycles. The van der Waals surface area contributed by atoms with Crippen molar-refractivity contribution in [1.29, 1.82) is 0 Å². The van der Waals surface area contributed by atoms with Gasteiger partial charge < -0.3 is 19.5 Å². The van der Waals surface area contributed by atoms with E-state index in [0.29, 0.717) is 43.2 Å². The van der Waals surface area contributed by atoms with Crippen molar-refractivity contribution in [3.8, 4) is 11.5 Å². The minimum Gasteiger partial charge on any atom is -0.490 e. The molecule has 1 aromatic carbocycles. The van der Waals surface area contributed by atoms with E-state index in [4.69, 9.17) is 14.6 Å². The predicted octanol–water partition coefficient (Wildman–Crippen LogP) is 2.71. The van der Waals surface area contributed by atoms with Gasteiger partial charge in [0.25, 0.3) is 5.91 Å². The van der Waals surface area contributed by atoms with E-state index in [1.54, 1.807) is 18.2 Å². The molecule has 1 fully saturated rings. The van der Waals surface area contributed by atoms with E-state index in [-0.39, 0.29) is 18.4 Å². The van der Waals surface area contributed by atoms with Gasteiger partial charge in [0.1, 0.15) is 0 Å². The number of hydrogen-bond acceptors (Lipinski definition) is 4. The second-order valence-electron chi connectivity index (χ2n) is 6.29. The molecule has 6 heteroatoms. The summed E-state index contributed by atoms with van der Waals surface area (Å²) in [7, 11) is 0. The molecule has 1 unspecified atom stereocenters. The van der Waals surface area contributed by atoms with Gasteiger partial charge in [0.05, 0.1) is 13.2 Å². The van der Waals surface area contributed by atoms with Crippen LogP contribution in [0.25, 0.3) is 0 Å². The second-order valence-corrected chi connectivity index (χ2v) is 6.29.